The van der Waals surface area contributed by atoms with Crippen molar-refractivity contribution in [3.8, 4) is 0 Å². The van der Waals surface area contributed by atoms with Crippen LogP contribution in [-0.2, 0) is 45.1 Å². The lowest BCUT2D eigenvalue weighted by atomic mass is 10.1. The summed E-state index contributed by atoms with van der Waals surface area (Å²) in [6.07, 6.45) is -1.72. The van der Waals surface area contributed by atoms with Gasteiger partial charge in [-0.15, -0.1) is 10.2 Å². The van der Waals surface area contributed by atoms with Crippen LogP contribution < -0.4 is 11.1 Å². The van der Waals surface area contributed by atoms with Gasteiger partial charge in [0.15, 0.2) is 9.84 Å². The van der Waals surface area contributed by atoms with Crippen molar-refractivity contribution in [2.24, 2.45) is 16.0 Å². The number of primary amides is 1. The van der Waals surface area contributed by atoms with E-state index in [9.17, 15) is 38.8 Å². The van der Waals surface area contributed by atoms with Crippen LogP contribution in [0.3, 0.4) is 0 Å². The minimum atomic E-state index is -4.78. The highest BCUT2D eigenvalue weighted by molar-refractivity contribution is 7.91. The van der Waals surface area contributed by atoms with E-state index in [0.717, 1.165) is 31.4 Å². The largest absolute Gasteiger partial charge is 0.397 e. The molecule has 0 saturated heterocycles. The third kappa shape index (κ3) is 9.76. The Balaban J connectivity index is 1.95. The molecular formula is C22H22F2N6O10S3. The number of benzene rings is 2. The highest BCUT2D eigenvalue weighted by Gasteiger charge is 2.24. The van der Waals surface area contributed by atoms with Crippen molar-refractivity contribution in [2.45, 2.75) is 22.6 Å². The number of amides is 2. The van der Waals surface area contributed by atoms with Crippen LogP contribution in [-0.4, -0.2) is 65.3 Å². The quantitative estimate of drug-likeness (QED) is 0.0596. The second kappa shape index (κ2) is 13.5. The molecule has 0 atom stereocenters. The van der Waals surface area contributed by atoms with E-state index < -0.39 is 70.6 Å². The van der Waals surface area contributed by atoms with Gasteiger partial charge in [0.25, 0.3) is 10.1 Å². The number of sulfone groups is 1. The van der Waals surface area contributed by atoms with E-state index in [2.05, 4.69) is 33.9 Å². The van der Waals surface area contributed by atoms with E-state index in [1.807, 2.05) is 0 Å². The highest BCUT2D eigenvalue weighted by Crippen LogP contribution is 2.33. The summed E-state index contributed by atoms with van der Waals surface area (Å²) in [6, 6.07) is 6.84. The molecule has 0 aliphatic heterocycles. The molecule has 3 rings (SSSR count). The van der Waals surface area contributed by atoms with Gasteiger partial charge in [0.2, 0.25) is 5.95 Å². The average molecular weight is 665 g/mol. The number of nitrogens with zero attached hydrogens (tertiary/aromatic N) is 4. The minimum Gasteiger partial charge on any atom is -0.351 e. The number of carbonyl (C=O) groups excluding carboxylic acids is 1. The molecule has 232 valence electrons. The van der Waals surface area contributed by atoms with Crippen molar-refractivity contribution in [3.63, 3.8) is 0 Å². The van der Waals surface area contributed by atoms with E-state index in [1.165, 1.54) is 18.2 Å². The zero-order valence-corrected chi connectivity index (χ0v) is 24.3. The molecule has 3 aromatic rings. The monoisotopic (exact) mass is 664 g/mol. The first-order valence-corrected chi connectivity index (χ1v) is 16.0. The Morgan fingerprint density at radius 1 is 1.00 bits per heavy atom. The lowest BCUT2D eigenvalue weighted by Crippen LogP contribution is -2.19. The molecule has 43 heavy (non-hydrogen) atoms. The Morgan fingerprint density at radius 3 is 2.30 bits per heavy atom. The number of rotatable bonds is 13. The number of hydrogen-bond acceptors (Lipinski definition) is 13. The predicted octanol–water partition coefficient (Wildman–Crippen LogP) is 2.57. The summed E-state index contributed by atoms with van der Waals surface area (Å²) in [5.41, 5.74) is 5.18. The Labute approximate surface area is 244 Å². The smallest absolute Gasteiger partial charge is 0.351 e. The summed E-state index contributed by atoms with van der Waals surface area (Å²) in [7, 11) is -12.7. The highest BCUT2D eigenvalue weighted by atomic mass is 32.3. The fourth-order valence-corrected chi connectivity index (χ4v) is 5.97. The molecule has 1 aromatic heterocycles. The van der Waals surface area contributed by atoms with Gasteiger partial charge in [-0.3, -0.25) is 8.74 Å². The van der Waals surface area contributed by atoms with E-state index in [0.29, 0.717) is 5.56 Å². The molecule has 0 radical (unpaired) electrons. The lowest BCUT2D eigenvalue weighted by Gasteiger charge is -2.10. The molecule has 0 bridgehead atoms. The minimum absolute atomic E-state index is 0.0141. The second-order valence-electron chi connectivity index (χ2n) is 8.34. The van der Waals surface area contributed by atoms with Crippen LogP contribution >= 0.6 is 0 Å². The number of hydrogen-bond donors (Lipinski definition) is 3. The lowest BCUT2D eigenvalue weighted by molar-refractivity contribution is 0.259. The molecule has 21 heteroatoms. The number of nitrogens with two attached hydrogens (primary N) is 1. The fourth-order valence-electron chi connectivity index (χ4n) is 3.45. The number of carbonyl (C=O) groups is 1. The molecule has 16 nitrogen and oxygen atoms in total. The Bertz CT molecular complexity index is 1870. The number of azo groups is 1. The molecule has 4 N–H and O–H groups in total. The van der Waals surface area contributed by atoms with Crippen LogP contribution in [0.5, 0.6) is 0 Å². The van der Waals surface area contributed by atoms with Gasteiger partial charge in [0, 0.05) is 12.5 Å². The van der Waals surface area contributed by atoms with Gasteiger partial charge in [-0.1, -0.05) is 6.07 Å². The average Bonchev–Trinajstić information content (AvgIpc) is 2.89. The van der Waals surface area contributed by atoms with Crippen LogP contribution in [0, 0.1) is 12.0 Å². The SMILES string of the molecule is COS(=O)(=O)c1cc(S(=O)(=O)CCCOS(=O)(=O)O)ccc1N=Nc1ccc(Cc2cc(F)nc(F)n2)cc1NC(N)=O. The third-order valence-corrected chi connectivity index (χ3v) is 8.83. The summed E-state index contributed by atoms with van der Waals surface area (Å²) >= 11 is 0. The molecule has 0 aliphatic rings. The number of aromatic nitrogens is 2. The Morgan fingerprint density at radius 2 is 1.67 bits per heavy atom. The van der Waals surface area contributed by atoms with Crippen molar-refractivity contribution in [1.82, 2.24) is 9.97 Å². The molecule has 0 spiro atoms. The van der Waals surface area contributed by atoms with Gasteiger partial charge in [-0.05, 0) is 42.3 Å². The topological polar surface area (TPSA) is 247 Å². The van der Waals surface area contributed by atoms with Gasteiger partial charge in [0.1, 0.15) is 16.3 Å². The zero-order chi connectivity index (χ0) is 32.0. The van der Waals surface area contributed by atoms with E-state index in [4.69, 9.17) is 10.3 Å². The summed E-state index contributed by atoms with van der Waals surface area (Å²) in [5.74, 6) is -1.76. The normalized spacial score (nSPS) is 12.5. The first kappa shape index (κ1) is 33.5. The molecule has 2 amide bonds. The van der Waals surface area contributed by atoms with Crippen molar-refractivity contribution in [1.29, 1.82) is 0 Å². The molecule has 0 unspecified atom stereocenters. The predicted molar refractivity (Wildman–Crippen MR) is 143 cm³/mol. The second-order valence-corrected chi connectivity index (χ2v) is 13.2. The van der Waals surface area contributed by atoms with Crippen LogP contribution in [0.25, 0.3) is 0 Å². The van der Waals surface area contributed by atoms with E-state index >= 15 is 0 Å². The van der Waals surface area contributed by atoms with E-state index in [-0.39, 0.29) is 35.6 Å². The first-order chi connectivity index (χ1) is 20.0. The maximum Gasteiger partial charge on any atom is 0.397 e. The number of urea groups is 1. The van der Waals surface area contributed by atoms with Gasteiger partial charge in [-0.25, -0.2) is 22.4 Å². The van der Waals surface area contributed by atoms with Gasteiger partial charge >= 0.3 is 22.5 Å². The summed E-state index contributed by atoms with van der Waals surface area (Å²) in [5, 5.41) is 10.1. The molecule has 0 saturated carbocycles. The maximum absolute atomic E-state index is 13.4. The molecular weight excluding hydrogens is 642 g/mol. The molecule has 0 fully saturated rings. The van der Waals surface area contributed by atoms with Crippen molar-refractivity contribution >= 4 is 53.4 Å². The molecule has 2 aromatic carbocycles. The molecule has 0 aliphatic carbocycles. The standard InChI is InChI=1S/C22H22F2N6O10S3/c1-39-42(34,35)19-12-15(41(32,33)8-2-7-40-43(36,37)38)4-6-17(19)30-29-16-5-3-13(10-18(16)27-22(25)31)9-14-11-20(23)28-21(24)26-14/h3-6,10-12H,2,7-9H2,1H3,(H3,25,27,31)(H,36,37,38). The summed E-state index contributed by atoms with van der Waals surface area (Å²) in [6.45, 7) is -0.652. The van der Waals surface area contributed by atoms with Crippen LogP contribution in [0.1, 0.15) is 17.7 Å². The summed E-state index contributed by atoms with van der Waals surface area (Å²) in [4.78, 5) is 16.8. The third-order valence-electron chi connectivity index (χ3n) is 5.26. The fraction of sp³-hybridized carbons (Fsp3) is 0.227. The van der Waals surface area contributed by atoms with Crippen molar-refractivity contribution < 1.29 is 51.7 Å². The Kier molecular flexibility index (Phi) is 10.5. The number of halogens is 2. The number of anilines is 1. The van der Waals surface area contributed by atoms with Crippen LogP contribution in [0.2, 0.25) is 0 Å². The van der Waals surface area contributed by atoms with Gasteiger partial charge in [0.05, 0.1) is 35.7 Å². The van der Waals surface area contributed by atoms with Crippen LogP contribution in [0.4, 0.5) is 30.6 Å². The van der Waals surface area contributed by atoms with Crippen molar-refractivity contribution in [2.75, 3.05) is 24.8 Å². The van der Waals surface area contributed by atoms with Crippen LogP contribution in [0.15, 0.2) is 62.5 Å². The number of nitrogens with one attached hydrogen (secondary N) is 1. The Hall–Kier alpha value is -4.02. The van der Waals surface area contributed by atoms with Gasteiger partial charge < -0.3 is 11.1 Å². The summed E-state index contributed by atoms with van der Waals surface area (Å²) < 4.78 is 116. The zero-order valence-electron chi connectivity index (χ0n) is 21.8. The van der Waals surface area contributed by atoms with Gasteiger partial charge in [-0.2, -0.15) is 30.6 Å². The van der Waals surface area contributed by atoms with Crippen molar-refractivity contribution in [3.05, 3.63) is 65.7 Å². The van der Waals surface area contributed by atoms with E-state index in [1.54, 1.807) is 0 Å². The molecule has 1 heterocycles. The first-order valence-electron chi connectivity index (χ1n) is 11.6. The maximum atomic E-state index is 13.4.